The maximum atomic E-state index is 8.65. The van der Waals surface area contributed by atoms with Gasteiger partial charge in [0.2, 0.25) is 0 Å². The van der Waals surface area contributed by atoms with E-state index in [1.807, 2.05) is 24.3 Å². The van der Waals surface area contributed by atoms with Crippen LogP contribution in [0, 0.1) is 0 Å². The fourth-order valence-corrected chi connectivity index (χ4v) is 3.10. The largest absolute Gasteiger partial charge is 0.409 e. The molecule has 2 rings (SSSR count). The van der Waals surface area contributed by atoms with Crippen LogP contribution in [0.3, 0.4) is 0 Å². The lowest BCUT2D eigenvalue weighted by Crippen LogP contribution is -2.15. The van der Waals surface area contributed by atoms with Crippen molar-refractivity contribution in [3.05, 3.63) is 56.2 Å². The molecule has 0 amide bonds. The SMILES string of the molecule is NC(=NO)c1cccc(CNCc2cc(Br)cs2)c1. The summed E-state index contributed by atoms with van der Waals surface area (Å²) in [6.45, 7) is 1.56. The average molecular weight is 340 g/mol. The first-order chi connectivity index (χ1) is 9.19. The van der Waals surface area contributed by atoms with Crippen molar-refractivity contribution in [2.75, 3.05) is 0 Å². The second-order valence-electron chi connectivity index (χ2n) is 4.02. The van der Waals surface area contributed by atoms with Gasteiger partial charge in [-0.3, -0.25) is 0 Å². The van der Waals surface area contributed by atoms with Crippen LogP contribution in [-0.4, -0.2) is 11.0 Å². The van der Waals surface area contributed by atoms with Crippen molar-refractivity contribution in [3.8, 4) is 0 Å². The highest BCUT2D eigenvalue weighted by atomic mass is 79.9. The minimum absolute atomic E-state index is 0.129. The van der Waals surface area contributed by atoms with Gasteiger partial charge in [0.25, 0.3) is 0 Å². The smallest absolute Gasteiger partial charge is 0.170 e. The zero-order valence-corrected chi connectivity index (χ0v) is 12.5. The molecule has 0 fully saturated rings. The van der Waals surface area contributed by atoms with E-state index in [0.717, 1.165) is 28.7 Å². The second-order valence-corrected chi connectivity index (χ2v) is 5.93. The Balaban J connectivity index is 1.92. The Bertz CT molecular complexity index is 583. The number of thiophene rings is 1. The van der Waals surface area contributed by atoms with E-state index < -0.39 is 0 Å². The average Bonchev–Trinajstić information content (AvgIpc) is 2.84. The monoisotopic (exact) mass is 339 g/mol. The van der Waals surface area contributed by atoms with Crippen molar-refractivity contribution in [2.45, 2.75) is 13.1 Å². The van der Waals surface area contributed by atoms with Gasteiger partial charge in [-0.2, -0.15) is 0 Å². The summed E-state index contributed by atoms with van der Waals surface area (Å²) in [6.07, 6.45) is 0. The first kappa shape index (κ1) is 14.0. The molecular formula is C13H14BrN3OS. The molecule has 0 bridgehead atoms. The zero-order valence-electron chi connectivity index (χ0n) is 10.1. The van der Waals surface area contributed by atoms with Crippen LogP contribution in [0.4, 0.5) is 0 Å². The van der Waals surface area contributed by atoms with Crippen LogP contribution in [0.1, 0.15) is 16.0 Å². The summed E-state index contributed by atoms with van der Waals surface area (Å²) in [6, 6.07) is 9.73. The molecule has 19 heavy (non-hydrogen) atoms. The summed E-state index contributed by atoms with van der Waals surface area (Å²) in [4.78, 5) is 1.28. The number of nitrogens with zero attached hydrogens (tertiary/aromatic N) is 1. The molecule has 1 heterocycles. The van der Waals surface area contributed by atoms with Gasteiger partial charge in [0.1, 0.15) is 0 Å². The van der Waals surface area contributed by atoms with E-state index >= 15 is 0 Å². The molecular weight excluding hydrogens is 326 g/mol. The molecule has 6 heteroatoms. The van der Waals surface area contributed by atoms with Crippen LogP contribution in [0.2, 0.25) is 0 Å². The number of hydrogen-bond donors (Lipinski definition) is 3. The number of nitrogens with two attached hydrogens (primary N) is 1. The van der Waals surface area contributed by atoms with Crippen molar-refractivity contribution in [2.24, 2.45) is 10.9 Å². The molecule has 2 aromatic rings. The molecule has 4 N–H and O–H groups in total. The molecule has 0 atom stereocenters. The molecule has 0 aliphatic carbocycles. The maximum Gasteiger partial charge on any atom is 0.170 e. The van der Waals surface area contributed by atoms with Gasteiger partial charge in [-0.25, -0.2) is 0 Å². The molecule has 0 spiro atoms. The fourth-order valence-electron chi connectivity index (χ4n) is 1.67. The van der Waals surface area contributed by atoms with Crippen molar-refractivity contribution in [3.63, 3.8) is 0 Å². The lowest BCUT2D eigenvalue weighted by molar-refractivity contribution is 0.318. The van der Waals surface area contributed by atoms with Gasteiger partial charge in [0.05, 0.1) is 0 Å². The van der Waals surface area contributed by atoms with Crippen molar-refractivity contribution in [1.82, 2.24) is 5.32 Å². The molecule has 100 valence electrons. The van der Waals surface area contributed by atoms with Gasteiger partial charge in [0.15, 0.2) is 5.84 Å². The zero-order chi connectivity index (χ0) is 13.7. The van der Waals surface area contributed by atoms with Crippen LogP contribution in [0.15, 0.2) is 45.3 Å². The summed E-state index contributed by atoms with van der Waals surface area (Å²) in [5, 5.41) is 17.1. The Morgan fingerprint density at radius 2 is 2.21 bits per heavy atom. The molecule has 0 saturated carbocycles. The van der Waals surface area contributed by atoms with E-state index in [9.17, 15) is 0 Å². The lowest BCUT2D eigenvalue weighted by Gasteiger charge is -2.05. The van der Waals surface area contributed by atoms with Crippen LogP contribution >= 0.6 is 27.3 Å². The van der Waals surface area contributed by atoms with Gasteiger partial charge in [-0.05, 0) is 33.6 Å². The quantitative estimate of drug-likeness (QED) is 0.339. The summed E-state index contributed by atoms with van der Waals surface area (Å²) < 4.78 is 1.11. The van der Waals surface area contributed by atoms with Crippen LogP contribution in [0.5, 0.6) is 0 Å². The van der Waals surface area contributed by atoms with Gasteiger partial charge >= 0.3 is 0 Å². The van der Waals surface area contributed by atoms with Crippen LogP contribution in [-0.2, 0) is 13.1 Å². The molecule has 1 aromatic heterocycles. The third-order valence-corrected chi connectivity index (χ3v) is 4.28. The highest BCUT2D eigenvalue weighted by molar-refractivity contribution is 9.10. The van der Waals surface area contributed by atoms with Crippen molar-refractivity contribution in [1.29, 1.82) is 0 Å². The van der Waals surface area contributed by atoms with E-state index in [1.165, 1.54) is 4.88 Å². The summed E-state index contributed by atoms with van der Waals surface area (Å²) in [5.74, 6) is 0.129. The van der Waals surface area contributed by atoms with Crippen molar-refractivity contribution < 1.29 is 5.21 Å². The molecule has 0 aliphatic rings. The number of amidine groups is 1. The third kappa shape index (κ3) is 4.05. The van der Waals surface area contributed by atoms with Gasteiger partial charge in [0, 0.05) is 33.4 Å². The highest BCUT2D eigenvalue weighted by Crippen LogP contribution is 2.19. The van der Waals surface area contributed by atoms with E-state index in [4.69, 9.17) is 10.9 Å². The minimum atomic E-state index is 0.129. The van der Waals surface area contributed by atoms with E-state index in [-0.39, 0.29) is 5.84 Å². The number of benzene rings is 1. The third-order valence-electron chi connectivity index (χ3n) is 2.58. The van der Waals surface area contributed by atoms with E-state index in [2.05, 4.69) is 37.8 Å². The van der Waals surface area contributed by atoms with Gasteiger partial charge < -0.3 is 16.3 Å². The standard InChI is InChI=1S/C13H14BrN3OS/c14-11-5-12(19-8-11)7-16-6-9-2-1-3-10(4-9)13(15)17-18/h1-5,8,16,18H,6-7H2,(H2,15,17). The number of oxime groups is 1. The van der Waals surface area contributed by atoms with Gasteiger partial charge in [-0.1, -0.05) is 23.4 Å². The minimum Gasteiger partial charge on any atom is -0.409 e. The molecule has 0 aliphatic heterocycles. The lowest BCUT2D eigenvalue weighted by atomic mass is 10.1. The molecule has 0 unspecified atom stereocenters. The normalized spacial score (nSPS) is 11.7. The number of rotatable bonds is 5. The Kier molecular flexibility index (Phi) is 4.95. The summed E-state index contributed by atoms with van der Waals surface area (Å²) in [5.41, 5.74) is 7.38. The van der Waals surface area contributed by atoms with Crippen LogP contribution < -0.4 is 11.1 Å². The molecule has 4 nitrogen and oxygen atoms in total. The Labute approximate surface area is 124 Å². The summed E-state index contributed by atoms with van der Waals surface area (Å²) >= 11 is 5.15. The first-order valence-electron chi connectivity index (χ1n) is 5.69. The number of hydrogen-bond acceptors (Lipinski definition) is 4. The predicted molar refractivity (Wildman–Crippen MR) is 81.5 cm³/mol. The highest BCUT2D eigenvalue weighted by Gasteiger charge is 2.01. The molecule has 1 aromatic carbocycles. The molecule has 0 saturated heterocycles. The Morgan fingerprint density at radius 1 is 1.37 bits per heavy atom. The number of halogens is 1. The predicted octanol–water partition coefficient (Wildman–Crippen LogP) is 2.89. The van der Waals surface area contributed by atoms with Gasteiger partial charge in [-0.15, -0.1) is 11.3 Å². The maximum absolute atomic E-state index is 8.65. The topological polar surface area (TPSA) is 70.6 Å². The fraction of sp³-hybridized carbons (Fsp3) is 0.154. The summed E-state index contributed by atoms with van der Waals surface area (Å²) in [7, 11) is 0. The van der Waals surface area contributed by atoms with E-state index in [0.29, 0.717) is 0 Å². The Morgan fingerprint density at radius 3 is 2.89 bits per heavy atom. The first-order valence-corrected chi connectivity index (χ1v) is 7.37. The second kappa shape index (κ2) is 6.70. The van der Waals surface area contributed by atoms with Crippen molar-refractivity contribution >= 4 is 33.1 Å². The van der Waals surface area contributed by atoms with Crippen LogP contribution in [0.25, 0.3) is 0 Å². The van der Waals surface area contributed by atoms with E-state index in [1.54, 1.807) is 11.3 Å². The molecule has 0 radical (unpaired) electrons. The number of nitrogens with one attached hydrogen (secondary N) is 1. The Hall–Kier alpha value is -1.37.